The first-order valence-corrected chi connectivity index (χ1v) is 10.0. The molecule has 0 saturated carbocycles. The van der Waals surface area contributed by atoms with Crippen LogP contribution in [-0.4, -0.2) is 51.1 Å². The molecule has 0 amide bonds. The monoisotopic (exact) mass is 361 g/mol. The van der Waals surface area contributed by atoms with Gasteiger partial charge in [-0.25, -0.2) is 13.1 Å². The number of nitrogens with one attached hydrogen (secondary N) is 1. The van der Waals surface area contributed by atoms with Crippen LogP contribution in [0.15, 0.2) is 54.9 Å². The lowest BCUT2D eigenvalue weighted by Gasteiger charge is -2.34. The molecule has 0 spiro atoms. The average molecular weight is 361 g/mol. The van der Waals surface area contributed by atoms with Crippen molar-refractivity contribution in [1.29, 1.82) is 0 Å². The molecule has 1 atom stereocenters. The van der Waals surface area contributed by atoms with E-state index in [1.807, 2.05) is 42.5 Å². The van der Waals surface area contributed by atoms with Crippen LogP contribution < -0.4 is 4.72 Å². The average Bonchev–Trinajstić information content (AvgIpc) is 2.64. The van der Waals surface area contributed by atoms with Crippen molar-refractivity contribution < 1.29 is 13.2 Å². The van der Waals surface area contributed by atoms with Crippen LogP contribution >= 0.6 is 0 Å². The van der Waals surface area contributed by atoms with E-state index < -0.39 is 10.0 Å². The first kappa shape index (κ1) is 18.0. The minimum absolute atomic E-state index is 0.0172. The van der Waals surface area contributed by atoms with E-state index in [1.165, 1.54) is 0 Å². The summed E-state index contributed by atoms with van der Waals surface area (Å²) < 4.78 is 33.1. The summed E-state index contributed by atoms with van der Waals surface area (Å²) in [5, 5.41) is 0. The molecular formula is C18H23N3O3S. The number of rotatable bonds is 7. The number of nitrogens with zero attached hydrogens (tertiary/aromatic N) is 2. The second-order valence-electron chi connectivity index (χ2n) is 6.04. The molecule has 25 heavy (non-hydrogen) atoms. The number of benzene rings is 1. The Kier molecular flexibility index (Phi) is 6.14. The minimum atomic E-state index is -3.40. The normalized spacial score (nSPS) is 17.3. The van der Waals surface area contributed by atoms with E-state index in [0.717, 1.165) is 24.2 Å². The van der Waals surface area contributed by atoms with Gasteiger partial charge in [-0.3, -0.25) is 9.88 Å². The zero-order valence-corrected chi connectivity index (χ0v) is 14.9. The molecule has 1 saturated heterocycles. The Morgan fingerprint density at radius 3 is 2.56 bits per heavy atom. The van der Waals surface area contributed by atoms with Gasteiger partial charge in [0.2, 0.25) is 10.0 Å². The zero-order valence-electron chi connectivity index (χ0n) is 14.0. The number of sulfonamides is 1. The van der Waals surface area contributed by atoms with E-state index in [-0.39, 0.29) is 11.8 Å². The van der Waals surface area contributed by atoms with Gasteiger partial charge in [0.25, 0.3) is 0 Å². The summed E-state index contributed by atoms with van der Waals surface area (Å²) in [6.07, 6.45) is 3.52. The van der Waals surface area contributed by atoms with E-state index in [9.17, 15) is 8.42 Å². The molecular weight excluding hydrogens is 338 g/mol. The minimum Gasteiger partial charge on any atom is -0.379 e. The van der Waals surface area contributed by atoms with Gasteiger partial charge >= 0.3 is 0 Å². The first-order chi connectivity index (χ1) is 12.1. The Hall–Kier alpha value is -1.80. The fraction of sp³-hybridized carbons (Fsp3) is 0.389. The maximum absolute atomic E-state index is 12.4. The number of hydrogen-bond acceptors (Lipinski definition) is 5. The van der Waals surface area contributed by atoms with Crippen molar-refractivity contribution in [2.75, 3.05) is 32.8 Å². The Balaban J connectivity index is 1.69. The predicted molar refractivity (Wildman–Crippen MR) is 96.4 cm³/mol. The number of ether oxygens (including phenoxy) is 1. The van der Waals surface area contributed by atoms with Crippen LogP contribution in [0.2, 0.25) is 0 Å². The number of hydrogen-bond donors (Lipinski definition) is 1. The van der Waals surface area contributed by atoms with Gasteiger partial charge in [0.05, 0.1) is 25.0 Å². The van der Waals surface area contributed by atoms with Crippen molar-refractivity contribution in [3.8, 4) is 0 Å². The third-order valence-electron chi connectivity index (χ3n) is 4.25. The van der Waals surface area contributed by atoms with Gasteiger partial charge in [-0.05, 0) is 17.2 Å². The fourth-order valence-electron chi connectivity index (χ4n) is 2.97. The van der Waals surface area contributed by atoms with Gasteiger partial charge < -0.3 is 4.74 Å². The van der Waals surface area contributed by atoms with Crippen LogP contribution in [-0.2, 0) is 20.5 Å². The molecule has 2 aromatic rings. The number of pyridine rings is 1. The van der Waals surface area contributed by atoms with Crippen molar-refractivity contribution in [2.45, 2.75) is 11.8 Å². The van der Waals surface area contributed by atoms with Gasteiger partial charge in [0.1, 0.15) is 0 Å². The summed E-state index contributed by atoms with van der Waals surface area (Å²) in [4.78, 5) is 6.42. The molecule has 1 aromatic heterocycles. The molecule has 2 heterocycles. The predicted octanol–water partition coefficient (Wildman–Crippen LogP) is 1.57. The van der Waals surface area contributed by atoms with Crippen molar-refractivity contribution in [2.24, 2.45) is 0 Å². The largest absolute Gasteiger partial charge is 0.379 e. The topological polar surface area (TPSA) is 71.5 Å². The highest BCUT2D eigenvalue weighted by atomic mass is 32.2. The van der Waals surface area contributed by atoms with Gasteiger partial charge in [-0.15, -0.1) is 0 Å². The summed E-state index contributed by atoms with van der Waals surface area (Å²) in [7, 11) is -3.40. The second-order valence-corrected chi connectivity index (χ2v) is 7.85. The highest BCUT2D eigenvalue weighted by Gasteiger charge is 2.24. The van der Waals surface area contributed by atoms with Gasteiger partial charge in [-0.2, -0.15) is 0 Å². The molecule has 3 rings (SSSR count). The summed E-state index contributed by atoms with van der Waals surface area (Å²) >= 11 is 0. The number of aromatic nitrogens is 1. The smallest absolute Gasteiger partial charge is 0.215 e. The standard InChI is InChI=1S/C18H23N3O3S/c22-25(23,15-16-5-2-1-3-6-16)20-14-18(17-7-4-8-19-13-17)21-9-11-24-12-10-21/h1-8,13,18,20H,9-12,14-15H2. The quantitative estimate of drug-likeness (QED) is 0.811. The highest BCUT2D eigenvalue weighted by Crippen LogP contribution is 2.21. The fourth-order valence-corrected chi connectivity index (χ4v) is 4.12. The molecule has 1 N–H and O–H groups in total. The summed E-state index contributed by atoms with van der Waals surface area (Å²) in [5.41, 5.74) is 1.78. The van der Waals surface area contributed by atoms with E-state index in [2.05, 4.69) is 14.6 Å². The van der Waals surface area contributed by atoms with Crippen molar-refractivity contribution >= 4 is 10.0 Å². The third-order valence-corrected chi connectivity index (χ3v) is 5.57. The molecule has 1 unspecified atom stereocenters. The molecule has 1 aromatic carbocycles. The van der Waals surface area contributed by atoms with Crippen LogP contribution in [0, 0.1) is 0 Å². The first-order valence-electron chi connectivity index (χ1n) is 8.37. The van der Waals surface area contributed by atoms with Crippen LogP contribution in [0.1, 0.15) is 17.2 Å². The van der Waals surface area contributed by atoms with Gasteiger partial charge in [0.15, 0.2) is 0 Å². The SMILES string of the molecule is O=S(=O)(Cc1ccccc1)NCC(c1cccnc1)N1CCOCC1. The Bertz CT molecular complexity index is 748. The third kappa shape index (κ3) is 5.34. The lowest BCUT2D eigenvalue weighted by Crippen LogP contribution is -2.44. The highest BCUT2D eigenvalue weighted by molar-refractivity contribution is 7.88. The van der Waals surface area contributed by atoms with Crippen molar-refractivity contribution in [3.63, 3.8) is 0 Å². The second kappa shape index (κ2) is 8.53. The molecule has 0 bridgehead atoms. The Morgan fingerprint density at radius 2 is 1.88 bits per heavy atom. The molecule has 0 radical (unpaired) electrons. The van der Waals surface area contributed by atoms with E-state index >= 15 is 0 Å². The maximum Gasteiger partial charge on any atom is 0.215 e. The lowest BCUT2D eigenvalue weighted by molar-refractivity contribution is 0.0171. The molecule has 1 aliphatic heterocycles. The van der Waals surface area contributed by atoms with Crippen LogP contribution in [0.4, 0.5) is 0 Å². The van der Waals surface area contributed by atoms with E-state index in [1.54, 1.807) is 12.4 Å². The summed E-state index contributed by atoms with van der Waals surface area (Å²) in [6.45, 7) is 3.20. The van der Waals surface area contributed by atoms with Crippen molar-refractivity contribution in [1.82, 2.24) is 14.6 Å². The zero-order chi connectivity index (χ0) is 17.5. The molecule has 0 aliphatic carbocycles. The van der Waals surface area contributed by atoms with E-state index in [4.69, 9.17) is 4.74 Å². The molecule has 134 valence electrons. The van der Waals surface area contributed by atoms with Gasteiger partial charge in [0, 0.05) is 32.0 Å². The van der Waals surface area contributed by atoms with E-state index in [0.29, 0.717) is 19.8 Å². The maximum atomic E-state index is 12.4. The Labute approximate surface area is 148 Å². The Morgan fingerprint density at radius 1 is 1.12 bits per heavy atom. The number of morpholine rings is 1. The van der Waals surface area contributed by atoms with Crippen LogP contribution in [0.3, 0.4) is 0 Å². The molecule has 6 nitrogen and oxygen atoms in total. The van der Waals surface area contributed by atoms with Crippen molar-refractivity contribution in [3.05, 3.63) is 66.0 Å². The van der Waals surface area contributed by atoms with Gasteiger partial charge in [-0.1, -0.05) is 36.4 Å². The molecule has 1 aliphatic rings. The van der Waals surface area contributed by atoms with Crippen LogP contribution in [0.5, 0.6) is 0 Å². The summed E-state index contributed by atoms with van der Waals surface area (Å²) in [5.74, 6) is -0.0172. The lowest BCUT2D eigenvalue weighted by atomic mass is 10.1. The van der Waals surface area contributed by atoms with Crippen LogP contribution in [0.25, 0.3) is 0 Å². The molecule has 7 heteroatoms. The summed E-state index contributed by atoms with van der Waals surface area (Å²) in [6, 6.07) is 13.0. The molecule has 1 fully saturated rings.